The summed E-state index contributed by atoms with van der Waals surface area (Å²) in [4.78, 5) is 18.4. The third-order valence-corrected chi connectivity index (χ3v) is 3.66. The van der Waals surface area contributed by atoms with Crippen molar-refractivity contribution in [1.29, 1.82) is 0 Å². The summed E-state index contributed by atoms with van der Waals surface area (Å²) >= 11 is 0. The van der Waals surface area contributed by atoms with Crippen molar-refractivity contribution < 1.29 is 9.53 Å². The molecule has 1 unspecified atom stereocenters. The highest BCUT2D eigenvalue weighted by molar-refractivity contribution is 5.69. The Labute approximate surface area is 132 Å². The van der Waals surface area contributed by atoms with Gasteiger partial charge in [-0.1, -0.05) is 0 Å². The normalized spacial score (nSPS) is 16.4. The van der Waals surface area contributed by atoms with Gasteiger partial charge >= 0.3 is 6.09 Å². The summed E-state index contributed by atoms with van der Waals surface area (Å²) in [7, 11) is 1.98. The lowest BCUT2D eigenvalue weighted by Gasteiger charge is -2.28. The summed E-state index contributed by atoms with van der Waals surface area (Å²) in [5, 5.41) is 3.42. The lowest BCUT2D eigenvalue weighted by molar-refractivity contribution is 0.0234. The second-order valence-corrected chi connectivity index (χ2v) is 6.98. The fourth-order valence-electron chi connectivity index (χ4n) is 2.42. The van der Waals surface area contributed by atoms with Crippen LogP contribution in [0.5, 0.6) is 0 Å². The van der Waals surface area contributed by atoms with Gasteiger partial charge < -0.3 is 19.5 Å². The lowest BCUT2D eigenvalue weighted by Crippen LogP contribution is -2.42. The van der Waals surface area contributed by atoms with Crippen molar-refractivity contribution in [2.24, 2.45) is 7.05 Å². The number of imidazole rings is 1. The predicted molar refractivity (Wildman–Crippen MR) is 85.6 cm³/mol. The van der Waals surface area contributed by atoms with E-state index in [4.69, 9.17) is 4.74 Å². The number of ether oxygens (including phenoxy) is 1. The SMILES string of the molecule is CC(NCCN(C(=O)OC(C)(C)C)C1CC1)c1nccn1C. The van der Waals surface area contributed by atoms with E-state index < -0.39 is 5.60 Å². The van der Waals surface area contributed by atoms with Gasteiger partial charge in [0.2, 0.25) is 0 Å². The Morgan fingerprint density at radius 3 is 2.73 bits per heavy atom. The smallest absolute Gasteiger partial charge is 0.410 e. The summed E-state index contributed by atoms with van der Waals surface area (Å²) in [6.45, 7) is 9.17. The molecule has 6 heteroatoms. The molecule has 1 atom stereocenters. The molecule has 1 amide bonds. The van der Waals surface area contributed by atoms with Crippen molar-refractivity contribution in [3.63, 3.8) is 0 Å². The van der Waals surface area contributed by atoms with Gasteiger partial charge in [-0.25, -0.2) is 9.78 Å². The Bertz CT molecular complexity index is 502. The second kappa shape index (κ2) is 6.69. The molecule has 0 aliphatic heterocycles. The van der Waals surface area contributed by atoms with E-state index in [1.807, 2.05) is 43.5 Å². The maximum absolute atomic E-state index is 12.3. The first-order valence-corrected chi connectivity index (χ1v) is 7.98. The highest BCUT2D eigenvalue weighted by Gasteiger charge is 2.34. The Morgan fingerprint density at radius 2 is 2.23 bits per heavy atom. The molecule has 1 saturated carbocycles. The number of carbonyl (C=O) groups excluding carboxylic acids is 1. The largest absolute Gasteiger partial charge is 0.444 e. The number of hydrogen-bond acceptors (Lipinski definition) is 4. The Kier molecular flexibility index (Phi) is 5.11. The third kappa shape index (κ3) is 4.73. The van der Waals surface area contributed by atoms with Crippen LogP contribution < -0.4 is 5.32 Å². The second-order valence-electron chi connectivity index (χ2n) is 6.98. The quantitative estimate of drug-likeness (QED) is 0.877. The van der Waals surface area contributed by atoms with Crippen LogP contribution in [0.15, 0.2) is 12.4 Å². The molecule has 0 bridgehead atoms. The molecule has 1 aromatic heterocycles. The molecule has 0 spiro atoms. The van der Waals surface area contributed by atoms with Gasteiger partial charge in [0.1, 0.15) is 11.4 Å². The number of hydrogen-bond donors (Lipinski definition) is 1. The molecule has 0 radical (unpaired) electrons. The summed E-state index contributed by atoms with van der Waals surface area (Å²) < 4.78 is 7.50. The van der Waals surface area contributed by atoms with E-state index in [1.165, 1.54) is 0 Å². The highest BCUT2D eigenvalue weighted by atomic mass is 16.6. The van der Waals surface area contributed by atoms with Crippen LogP contribution in [0.2, 0.25) is 0 Å². The number of carbonyl (C=O) groups is 1. The van der Waals surface area contributed by atoms with Gasteiger partial charge in [0.25, 0.3) is 0 Å². The Balaban J connectivity index is 1.82. The molecule has 124 valence electrons. The van der Waals surface area contributed by atoms with Gasteiger partial charge in [0.15, 0.2) is 0 Å². The minimum Gasteiger partial charge on any atom is -0.444 e. The minimum absolute atomic E-state index is 0.152. The van der Waals surface area contributed by atoms with Gasteiger partial charge in [-0.3, -0.25) is 0 Å². The number of nitrogens with one attached hydrogen (secondary N) is 1. The van der Waals surface area contributed by atoms with Gasteiger partial charge in [-0.15, -0.1) is 0 Å². The van der Waals surface area contributed by atoms with E-state index in [0.29, 0.717) is 12.6 Å². The first kappa shape index (κ1) is 16.8. The number of rotatable bonds is 6. The summed E-state index contributed by atoms with van der Waals surface area (Å²) in [5.41, 5.74) is -0.447. The molecule has 1 heterocycles. The van der Waals surface area contributed by atoms with Crippen LogP contribution in [-0.2, 0) is 11.8 Å². The fraction of sp³-hybridized carbons (Fsp3) is 0.750. The van der Waals surface area contributed by atoms with Crippen molar-refractivity contribution in [3.8, 4) is 0 Å². The molecule has 6 nitrogen and oxygen atoms in total. The monoisotopic (exact) mass is 308 g/mol. The van der Waals surface area contributed by atoms with E-state index in [2.05, 4.69) is 17.2 Å². The van der Waals surface area contributed by atoms with Crippen LogP contribution >= 0.6 is 0 Å². The molecule has 0 aromatic carbocycles. The van der Waals surface area contributed by atoms with E-state index in [-0.39, 0.29) is 12.1 Å². The van der Waals surface area contributed by atoms with Gasteiger partial charge in [0.05, 0.1) is 6.04 Å². The maximum Gasteiger partial charge on any atom is 0.410 e. The van der Waals surface area contributed by atoms with Crippen molar-refractivity contribution in [3.05, 3.63) is 18.2 Å². The van der Waals surface area contributed by atoms with Crippen molar-refractivity contribution in [1.82, 2.24) is 19.8 Å². The lowest BCUT2D eigenvalue weighted by atomic mass is 10.2. The molecular formula is C16H28N4O2. The molecule has 2 rings (SSSR count). The van der Waals surface area contributed by atoms with E-state index in [1.54, 1.807) is 6.20 Å². The topological polar surface area (TPSA) is 59.4 Å². The number of amides is 1. The average Bonchev–Trinajstić information content (AvgIpc) is 3.13. The van der Waals surface area contributed by atoms with Crippen molar-refractivity contribution >= 4 is 6.09 Å². The fourth-order valence-corrected chi connectivity index (χ4v) is 2.42. The van der Waals surface area contributed by atoms with Crippen LogP contribution in [0.3, 0.4) is 0 Å². The molecular weight excluding hydrogens is 280 g/mol. The molecule has 1 N–H and O–H groups in total. The molecule has 1 fully saturated rings. The molecule has 0 saturated heterocycles. The molecule has 1 aliphatic rings. The average molecular weight is 308 g/mol. The summed E-state index contributed by atoms with van der Waals surface area (Å²) in [6.07, 6.45) is 5.68. The van der Waals surface area contributed by atoms with Crippen molar-refractivity contribution in [2.45, 2.75) is 58.2 Å². The zero-order valence-electron chi connectivity index (χ0n) is 14.3. The Hall–Kier alpha value is -1.56. The zero-order chi connectivity index (χ0) is 16.3. The van der Waals surface area contributed by atoms with Gasteiger partial charge in [-0.05, 0) is 40.5 Å². The number of nitrogens with zero attached hydrogens (tertiary/aromatic N) is 3. The van der Waals surface area contributed by atoms with Crippen LogP contribution in [0, 0.1) is 0 Å². The predicted octanol–water partition coefficient (Wildman–Crippen LogP) is 2.47. The molecule has 22 heavy (non-hydrogen) atoms. The van der Waals surface area contributed by atoms with E-state index in [0.717, 1.165) is 25.2 Å². The van der Waals surface area contributed by atoms with E-state index in [9.17, 15) is 4.79 Å². The maximum atomic E-state index is 12.3. The van der Waals surface area contributed by atoms with Gasteiger partial charge in [0, 0.05) is 38.6 Å². The molecule has 1 aromatic rings. The number of aromatic nitrogens is 2. The summed E-state index contributed by atoms with van der Waals surface area (Å²) in [6, 6.07) is 0.500. The first-order chi connectivity index (χ1) is 10.3. The van der Waals surface area contributed by atoms with Crippen LogP contribution in [0.1, 0.15) is 52.4 Å². The third-order valence-electron chi connectivity index (χ3n) is 3.66. The van der Waals surface area contributed by atoms with Gasteiger partial charge in [-0.2, -0.15) is 0 Å². The van der Waals surface area contributed by atoms with Crippen LogP contribution in [-0.4, -0.2) is 45.3 Å². The van der Waals surface area contributed by atoms with Crippen LogP contribution in [0.4, 0.5) is 4.79 Å². The van der Waals surface area contributed by atoms with Crippen molar-refractivity contribution in [2.75, 3.05) is 13.1 Å². The first-order valence-electron chi connectivity index (χ1n) is 7.98. The zero-order valence-corrected chi connectivity index (χ0v) is 14.3. The highest BCUT2D eigenvalue weighted by Crippen LogP contribution is 2.28. The Morgan fingerprint density at radius 1 is 1.55 bits per heavy atom. The van der Waals surface area contributed by atoms with E-state index >= 15 is 0 Å². The number of aryl methyl sites for hydroxylation is 1. The standard InChI is InChI=1S/C16H28N4O2/c1-12(14-18-8-10-19(14)5)17-9-11-20(13-6-7-13)15(21)22-16(2,3)4/h8,10,12-13,17H,6-7,9,11H2,1-5H3. The molecule has 1 aliphatic carbocycles. The van der Waals surface area contributed by atoms with Crippen LogP contribution in [0.25, 0.3) is 0 Å². The minimum atomic E-state index is -0.447. The summed E-state index contributed by atoms with van der Waals surface area (Å²) in [5.74, 6) is 0.996.